The predicted molar refractivity (Wildman–Crippen MR) is 87.6 cm³/mol. The van der Waals surface area contributed by atoms with Gasteiger partial charge in [-0.25, -0.2) is 10.1 Å². The summed E-state index contributed by atoms with van der Waals surface area (Å²) in [7, 11) is 1.60. The fraction of sp³-hybridized carbons (Fsp3) is 0.143. The second-order valence-electron chi connectivity index (χ2n) is 4.10. The van der Waals surface area contributed by atoms with Crippen molar-refractivity contribution in [3.63, 3.8) is 0 Å². The van der Waals surface area contributed by atoms with Gasteiger partial charge in [-0.3, -0.25) is 9.59 Å². The first-order valence-corrected chi connectivity index (χ1v) is 6.39. The first-order chi connectivity index (χ1) is 9.56. The summed E-state index contributed by atoms with van der Waals surface area (Å²) in [6.07, 6.45) is 1.63. The lowest BCUT2D eigenvalue weighted by Gasteiger charge is -2.22. The standard InChI is InChI=1S/C14H14ClN3O2.BrH/c1-10(19)18(16-2)17-9-5-8-13(17)14(20)11-6-3-4-7-12(11)15;/h3-9,16H,1-2H3;1H. The highest BCUT2D eigenvalue weighted by Gasteiger charge is 2.20. The van der Waals surface area contributed by atoms with Crippen molar-refractivity contribution >= 4 is 40.3 Å². The number of ketones is 1. The number of benzene rings is 1. The quantitative estimate of drug-likeness (QED) is 0.663. The smallest absolute Gasteiger partial charge is 0.253 e. The van der Waals surface area contributed by atoms with E-state index in [1.807, 2.05) is 0 Å². The SMILES string of the molecule is Br.CNN(C(C)=O)n1cccc1C(=O)c1ccccc1Cl. The first kappa shape index (κ1) is 17.4. The number of amides is 1. The molecule has 7 heteroatoms. The molecule has 0 aliphatic heterocycles. The summed E-state index contributed by atoms with van der Waals surface area (Å²) in [6.45, 7) is 1.40. The summed E-state index contributed by atoms with van der Waals surface area (Å²) in [5, 5.41) is 1.62. The number of carbonyl (C=O) groups excluding carboxylic acids is 2. The Balaban J connectivity index is 0.00000220. The second kappa shape index (κ2) is 7.40. The van der Waals surface area contributed by atoms with E-state index in [-0.39, 0.29) is 28.7 Å². The third kappa shape index (κ3) is 3.53. The van der Waals surface area contributed by atoms with Crippen molar-refractivity contribution in [2.75, 3.05) is 12.2 Å². The van der Waals surface area contributed by atoms with E-state index in [2.05, 4.69) is 5.43 Å². The zero-order valence-electron chi connectivity index (χ0n) is 11.5. The van der Waals surface area contributed by atoms with Crippen LogP contribution in [0, 0.1) is 0 Å². The van der Waals surface area contributed by atoms with Crippen LogP contribution in [0.15, 0.2) is 42.6 Å². The van der Waals surface area contributed by atoms with Crippen LogP contribution in [0.4, 0.5) is 0 Å². The normalized spacial score (nSPS) is 9.86. The molecule has 0 fully saturated rings. The minimum absolute atomic E-state index is 0. The molecule has 1 N–H and O–H groups in total. The van der Waals surface area contributed by atoms with Crippen molar-refractivity contribution in [1.29, 1.82) is 0 Å². The van der Waals surface area contributed by atoms with Crippen molar-refractivity contribution < 1.29 is 9.59 Å². The van der Waals surface area contributed by atoms with Crippen LogP contribution in [-0.4, -0.2) is 23.4 Å². The van der Waals surface area contributed by atoms with Crippen LogP contribution in [-0.2, 0) is 4.79 Å². The van der Waals surface area contributed by atoms with Gasteiger partial charge in [0, 0.05) is 25.7 Å². The van der Waals surface area contributed by atoms with Gasteiger partial charge in [0.15, 0.2) is 0 Å². The first-order valence-electron chi connectivity index (χ1n) is 6.01. The lowest BCUT2D eigenvalue weighted by atomic mass is 10.1. The Labute approximate surface area is 138 Å². The van der Waals surface area contributed by atoms with Gasteiger partial charge in [-0.2, -0.15) is 5.12 Å². The summed E-state index contributed by atoms with van der Waals surface area (Å²) in [5.74, 6) is -0.487. The molecule has 0 atom stereocenters. The highest BCUT2D eigenvalue weighted by Crippen LogP contribution is 2.19. The molecule has 0 unspecified atom stereocenters. The molecule has 1 aromatic heterocycles. The molecule has 21 heavy (non-hydrogen) atoms. The minimum Gasteiger partial charge on any atom is -0.287 e. The van der Waals surface area contributed by atoms with Crippen molar-refractivity contribution in [2.24, 2.45) is 0 Å². The summed E-state index contributed by atoms with van der Waals surface area (Å²) in [4.78, 5) is 24.1. The van der Waals surface area contributed by atoms with Crippen LogP contribution in [0.3, 0.4) is 0 Å². The molecule has 2 aromatic rings. The number of nitrogens with one attached hydrogen (secondary N) is 1. The highest BCUT2D eigenvalue weighted by atomic mass is 79.9. The van der Waals surface area contributed by atoms with Gasteiger partial charge in [-0.15, -0.1) is 17.0 Å². The lowest BCUT2D eigenvalue weighted by molar-refractivity contribution is -0.118. The van der Waals surface area contributed by atoms with E-state index in [0.29, 0.717) is 16.3 Å². The molecular formula is C14H15BrClN3O2. The van der Waals surface area contributed by atoms with E-state index in [4.69, 9.17) is 11.6 Å². The average Bonchev–Trinajstić information content (AvgIpc) is 2.88. The molecule has 0 aliphatic rings. The Hall–Kier alpha value is -1.63. The molecule has 0 radical (unpaired) electrons. The Bertz CT molecular complexity index is 657. The second-order valence-corrected chi connectivity index (χ2v) is 4.51. The van der Waals surface area contributed by atoms with Crippen LogP contribution in [0.25, 0.3) is 0 Å². The zero-order chi connectivity index (χ0) is 14.7. The van der Waals surface area contributed by atoms with Crippen LogP contribution < -0.4 is 10.5 Å². The Morgan fingerprint density at radius 3 is 2.43 bits per heavy atom. The van der Waals surface area contributed by atoms with Gasteiger partial charge >= 0.3 is 0 Å². The minimum atomic E-state index is -0.248. The summed E-state index contributed by atoms with van der Waals surface area (Å²) >= 11 is 6.04. The van der Waals surface area contributed by atoms with Crippen LogP contribution in [0.1, 0.15) is 23.0 Å². The van der Waals surface area contributed by atoms with Gasteiger partial charge in [-0.05, 0) is 24.3 Å². The summed E-state index contributed by atoms with van der Waals surface area (Å²) < 4.78 is 1.45. The number of carbonyl (C=O) groups is 2. The van der Waals surface area contributed by atoms with Crippen molar-refractivity contribution in [2.45, 2.75) is 6.92 Å². The Morgan fingerprint density at radius 1 is 1.19 bits per heavy atom. The van der Waals surface area contributed by atoms with E-state index >= 15 is 0 Å². The number of rotatable bonds is 4. The number of hydrazine groups is 1. The van der Waals surface area contributed by atoms with E-state index in [1.165, 1.54) is 16.7 Å². The van der Waals surface area contributed by atoms with E-state index < -0.39 is 0 Å². The highest BCUT2D eigenvalue weighted by molar-refractivity contribution is 8.93. The maximum atomic E-state index is 12.5. The maximum absolute atomic E-state index is 12.5. The van der Waals surface area contributed by atoms with Crippen LogP contribution >= 0.6 is 28.6 Å². The number of hydrogen-bond acceptors (Lipinski definition) is 3. The molecule has 1 heterocycles. The summed E-state index contributed by atoms with van der Waals surface area (Å²) in [5.41, 5.74) is 3.47. The molecular weight excluding hydrogens is 358 g/mol. The Kier molecular flexibility index (Phi) is 6.14. The third-order valence-electron chi connectivity index (χ3n) is 2.80. The molecule has 2 rings (SSSR count). The predicted octanol–water partition coefficient (Wildman–Crippen LogP) is 2.57. The van der Waals surface area contributed by atoms with Gasteiger partial charge in [0.2, 0.25) is 5.78 Å². The Morgan fingerprint density at radius 2 is 1.86 bits per heavy atom. The molecule has 112 valence electrons. The van der Waals surface area contributed by atoms with Crippen molar-refractivity contribution in [3.8, 4) is 0 Å². The van der Waals surface area contributed by atoms with E-state index in [0.717, 1.165) is 0 Å². The van der Waals surface area contributed by atoms with Crippen molar-refractivity contribution in [3.05, 3.63) is 58.9 Å². The number of nitrogens with zero attached hydrogens (tertiary/aromatic N) is 2. The molecule has 1 amide bonds. The topological polar surface area (TPSA) is 54.3 Å². The number of hydrogen-bond donors (Lipinski definition) is 1. The molecule has 0 spiro atoms. The van der Waals surface area contributed by atoms with Gasteiger partial charge in [-0.1, -0.05) is 23.7 Å². The third-order valence-corrected chi connectivity index (χ3v) is 3.13. The fourth-order valence-corrected chi connectivity index (χ4v) is 2.15. The molecule has 0 saturated heterocycles. The lowest BCUT2D eigenvalue weighted by Crippen LogP contribution is -2.48. The molecule has 0 saturated carbocycles. The fourth-order valence-electron chi connectivity index (χ4n) is 1.93. The zero-order valence-corrected chi connectivity index (χ0v) is 14.0. The van der Waals surface area contributed by atoms with E-state index in [9.17, 15) is 9.59 Å². The monoisotopic (exact) mass is 371 g/mol. The molecule has 5 nitrogen and oxygen atoms in total. The molecule has 0 bridgehead atoms. The van der Waals surface area contributed by atoms with Gasteiger partial charge in [0.25, 0.3) is 5.91 Å². The number of halogens is 2. The number of aromatic nitrogens is 1. The van der Waals surface area contributed by atoms with Gasteiger partial charge in [0.05, 0.1) is 5.02 Å². The van der Waals surface area contributed by atoms with E-state index in [1.54, 1.807) is 49.6 Å². The molecule has 1 aromatic carbocycles. The van der Waals surface area contributed by atoms with Crippen LogP contribution in [0.5, 0.6) is 0 Å². The van der Waals surface area contributed by atoms with Gasteiger partial charge in [0.1, 0.15) is 5.69 Å². The maximum Gasteiger partial charge on any atom is 0.253 e. The summed E-state index contributed by atoms with van der Waals surface area (Å²) in [6, 6.07) is 10.1. The van der Waals surface area contributed by atoms with Crippen molar-refractivity contribution in [1.82, 2.24) is 10.1 Å². The average molecular weight is 373 g/mol. The largest absolute Gasteiger partial charge is 0.287 e. The molecule has 0 aliphatic carbocycles. The van der Waals surface area contributed by atoms with Crippen LogP contribution in [0.2, 0.25) is 5.02 Å². The van der Waals surface area contributed by atoms with Gasteiger partial charge < -0.3 is 0 Å².